The van der Waals surface area contributed by atoms with Crippen LogP contribution in [0.2, 0.25) is 5.02 Å². The largest absolute Gasteiger partial charge is 0.468 e. The van der Waals surface area contributed by atoms with E-state index in [2.05, 4.69) is 25.4 Å². The molecular weight excluding hydrogens is 334 g/mol. The van der Waals surface area contributed by atoms with E-state index in [-0.39, 0.29) is 0 Å². The maximum atomic E-state index is 11.5. The van der Waals surface area contributed by atoms with Gasteiger partial charge in [0.1, 0.15) is 0 Å². The van der Waals surface area contributed by atoms with Gasteiger partial charge in [0.15, 0.2) is 5.75 Å². The zero-order chi connectivity index (χ0) is 13.1. The van der Waals surface area contributed by atoms with Gasteiger partial charge in [-0.25, -0.2) is 8.42 Å². The highest BCUT2D eigenvalue weighted by Crippen LogP contribution is 2.25. The summed E-state index contributed by atoms with van der Waals surface area (Å²) in [5, 5.41) is 0.459. The quantitative estimate of drug-likeness (QED) is 0.850. The van der Waals surface area contributed by atoms with Gasteiger partial charge in [-0.05, 0) is 34.1 Å². The summed E-state index contributed by atoms with van der Waals surface area (Å²) in [5.41, 5.74) is 0.310. The number of anilines is 1. The molecule has 1 aromatic carbocycles. The minimum atomic E-state index is -3.76. The summed E-state index contributed by atoms with van der Waals surface area (Å²) >= 11 is 8.92. The average molecular weight is 343 g/mol. The summed E-state index contributed by atoms with van der Waals surface area (Å²) in [6.45, 7) is 0. The van der Waals surface area contributed by atoms with Gasteiger partial charge in [0.05, 0.1) is 12.1 Å². The number of esters is 1. The van der Waals surface area contributed by atoms with Gasteiger partial charge in [-0.15, -0.1) is 0 Å². The monoisotopic (exact) mass is 341 g/mol. The third kappa shape index (κ3) is 4.53. The molecule has 0 amide bonds. The lowest BCUT2D eigenvalue weighted by atomic mass is 10.3. The number of methoxy groups -OCH3 is 1. The Balaban J connectivity index is 2.83. The third-order valence-corrected chi connectivity index (χ3v) is 4.10. The van der Waals surface area contributed by atoms with Crippen molar-refractivity contribution in [2.45, 2.75) is 0 Å². The lowest BCUT2D eigenvalue weighted by Gasteiger charge is -2.07. The van der Waals surface area contributed by atoms with Crippen LogP contribution in [0.4, 0.5) is 5.69 Å². The highest BCUT2D eigenvalue weighted by Gasteiger charge is 2.17. The minimum absolute atomic E-state index is 0.310. The molecule has 0 aliphatic rings. The van der Waals surface area contributed by atoms with Gasteiger partial charge in [-0.3, -0.25) is 9.52 Å². The van der Waals surface area contributed by atoms with Crippen LogP contribution in [0.1, 0.15) is 0 Å². The van der Waals surface area contributed by atoms with Gasteiger partial charge in [-0.1, -0.05) is 11.6 Å². The van der Waals surface area contributed by atoms with Crippen LogP contribution in [0.15, 0.2) is 22.7 Å². The summed E-state index contributed by atoms with van der Waals surface area (Å²) < 4.78 is 30.1. The Bertz CT molecular complexity index is 532. The van der Waals surface area contributed by atoms with Crippen molar-refractivity contribution in [3.63, 3.8) is 0 Å². The lowest BCUT2D eigenvalue weighted by Crippen LogP contribution is -2.23. The highest BCUT2D eigenvalue weighted by molar-refractivity contribution is 9.10. The maximum Gasteiger partial charge on any atom is 0.322 e. The van der Waals surface area contributed by atoms with Crippen LogP contribution in [-0.4, -0.2) is 27.2 Å². The number of hydrogen-bond acceptors (Lipinski definition) is 4. The number of hydrogen-bond donors (Lipinski definition) is 1. The molecule has 0 aliphatic heterocycles. The summed E-state index contributed by atoms with van der Waals surface area (Å²) in [6.07, 6.45) is 0. The minimum Gasteiger partial charge on any atom is -0.468 e. The summed E-state index contributed by atoms with van der Waals surface area (Å²) in [5.74, 6) is -1.56. The van der Waals surface area contributed by atoms with E-state index >= 15 is 0 Å². The van der Waals surface area contributed by atoms with Crippen LogP contribution in [0, 0.1) is 0 Å². The van der Waals surface area contributed by atoms with E-state index in [1.807, 2.05) is 0 Å². The molecule has 0 saturated heterocycles. The Morgan fingerprint density at radius 1 is 1.53 bits per heavy atom. The van der Waals surface area contributed by atoms with E-state index in [4.69, 9.17) is 11.6 Å². The number of carbonyl (C=O) groups excluding carboxylic acids is 1. The first-order valence-corrected chi connectivity index (χ1v) is 7.19. The van der Waals surface area contributed by atoms with E-state index in [1.165, 1.54) is 18.2 Å². The first kappa shape index (κ1) is 14.3. The smallest absolute Gasteiger partial charge is 0.322 e. The molecule has 0 saturated carbocycles. The van der Waals surface area contributed by atoms with Crippen molar-refractivity contribution >= 4 is 49.2 Å². The van der Waals surface area contributed by atoms with E-state index in [9.17, 15) is 13.2 Å². The molecule has 0 radical (unpaired) electrons. The Hall–Kier alpha value is -0.790. The van der Waals surface area contributed by atoms with E-state index in [0.717, 1.165) is 7.11 Å². The molecular formula is C9H9BrClNO4S. The van der Waals surface area contributed by atoms with Crippen molar-refractivity contribution in [2.75, 3.05) is 17.6 Å². The van der Waals surface area contributed by atoms with Crippen LogP contribution in [0.5, 0.6) is 0 Å². The zero-order valence-electron chi connectivity index (χ0n) is 8.74. The molecule has 0 aliphatic carbocycles. The van der Waals surface area contributed by atoms with Crippen molar-refractivity contribution in [2.24, 2.45) is 0 Å². The molecule has 5 nitrogen and oxygen atoms in total. The SMILES string of the molecule is COC(=O)CS(=O)(=O)Nc1ccc(Cl)c(Br)c1. The Kier molecular flexibility index (Phi) is 4.79. The van der Waals surface area contributed by atoms with E-state index < -0.39 is 21.7 Å². The molecule has 0 aromatic heterocycles. The molecule has 17 heavy (non-hydrogen) atoms. The van der Waals surface area contributed by atoms with Crippen molar-refractivity contribution in [3.05, 3.63) is 27.7 Å². The second-order valence-corrected chi connectivity index (χ2v) is 6.05. The standard InChI is InChI=1S/C9H9BrClNO4S/c1-16-9(13)5-17(14,15)12-6-2-3-8(11)7(10)4-6/h2-4,12H,5H2,1H3. The normalized spacial score (nSPS) is 11.0. The van der Waals surface area contributed by atoms with Crippen LogP contribution in [0.3, 0.4) is 0 Å². The fourth-order valence-electron chi connectivity index (χ4n) is 0.989. The number of nitrogens with one attached hydrogen (secondary N) is 1. The van der Waals surface area contributed by atoms with E-state index in [1.54, 1.807) is 0 Å². The first-order valence-electron chi connectivity index (χ1n) is 4.36. The van der Waals surface area contributed by atoms with Crippen molar-refractivity contribution in [3.8, 4) is 0 Å². The predicted octanol–water partition coefficient (Wildman–Crippen LogP) is 2.02. The van der Waals surface area contributed by atoms with Crippen molar-refractivity contribution < 1.29 is 17.9 Å². The fraction of sp³-hybridized carbons (Fsp3) is 0.222. The molecule has 1 rings (SSSR count). The molecule has 0 unspecified atom stereocenters. The molecule has 0 heterocycles. The summed E-state index contributed by atoms with van der Waals surface area (Å²) in [4.78, 5) is 10.9. The number of sulfonamides is 1. The number of carbonyl (C=O) groups is 1. The van der Waals surface area contributed by atoms with Crippen LogP contribution < -0.4 is 4.72 Å². The second kappa shape index (κ2) is 5.70. The number of rotatable bonds is 4. The number of benzene rings is 1. The van der Waals surface area contributed by atoms with E-state index in [0.29, 0.717) is 15.2 Å². The zero-order valence-corrected chi connectivity index (χ0v) is 11.9. The van der Waals surface area contributed by atoms with Gasteiger partial charge >= 0.3 is 5.97 Å². The molecule has 8 heteroatoms. The lowest BCUT2D eigenvalue weighted by molar-refractivity contribution is -0.137. The molecule has 1 aromatic rings. The van der Waals surface area contributed by atoms with Crippen LogP contribution in [0.25, 0.3) is 0 Å². The van der Waals surface area contributed by atoms with Crippen molar-refractivity contribution in [1.82, 2.24) is 0 Å². The Labute approximate surface area is 112 Å². The van der Waals surface area contributed by atoms with Crippen LogP contribution in [-0.2, 0) is 19.6 Å². The topological polar surface area (TPSA) is 72.5 Å². The first-order chi connectivity index (χ1) is 7.84. The Morgan fingerprint density at radius 3 is 2.71 bits per heavy atom. The number of halogens is 2. The Morgan fingerprint density at radius 2 is 2.18 bits per heavy atom. The molecule has 0 spiro atoms. The predicted molar refractivity (Wildman–Crippen MR) is 68.6 cm³/mol. The number of ether oxygens (including phenoxy) is 1. The van der Waals surface area contributed by atoms with Crippen molar-refractivity contribution in [1.29, 1.82) is 0 Å². The average Bonchev–Trinajstić information content (AvgIpc) is 2.22. The molecule has 0 fully saturated rings. The summed E-state index contributed by atoms with van der Waals surface area (Å²) in [6, 6.07) is 4.51. The third-order valence-electron chi connectivity index (χ3n) is 1.73. The van der Waals surface area contributed by atoms with Crippen LogP contribution >= 0.6 is 27.5 Å². The van der Waals surface area contributed by atoms with Gasteiger partial charge in [0.25, 0.3) is 0 Å². The molecule has 94 valence electrons. The van der Waals surface area contributed by atoms with Gasteiger partial charge in [0.2, 0.25) is 10.0 Å². The van der Waals surface area contributed by atoms with Gasteiger partial charge in [-0.2, -0.15) is 0 Å². The molecule has 0 atom stereocenters. The molecule has 1 N–H and O–H groups in total. The fourth-order valence-corrected chi connectivity index (χ4v) is 2.47. The van der Waals surface area contributed by atoms with Gasteiger partial charge < -0.3 is 4.74 Å². The van der Waals surface area contributed by atoms with Gasteiger partial charge in [0, 0.05) is 10.2 Å². The summed E-state index contributed by atoms with van der Waals surface area (Å²) in [7, 11) is -2.64. The maximum absolute atomic E-state index is 11.5. The highest BCUT2D eigenvalue weighted by atomic mass is 79.9. The molecule has 0 bridgehead atoms. The second-order valence-electron chi connectivity index (χ2n) is 3.07.